The van der Waals surface area contributed by atoms with Crippen LogP contribution >= 0.6 is 11.6 Å². The van der Waals surface area contributed by atoms with Gasteiger partial charge in [0.15, 0.2) is 9.84 Å². The molecular weight excluding hydrogens is 366 g/mol. The van der Waals surface area contributed by atoms with Crippen molar-refractivity contribution in [2.75, 3.05) is 5.75 Å². The van der Waals surface area contributed by atoms with Crippen molar-refractivity contribution in [3.8, 4) is 0 Å². The van der Waals surface area contributed by atoms with Gasteiger partial charge in [0, 0.05) is 0 Å². The molecule has 2 rings (SSSR count). The molecule has 0 aliphatic carbocycles. The van der Waals surface area contributed by atoms with Gasteiger partial charge in [-0.1, -0.05) is 41.9 Å². The fourth-order valence-corrected chi connectivity index (χ4v) is 3.73. The van der Waals surface area contributed by atoms with E-state index in [1.165, 1.54) is 24.3 Å². The van der Waals surface area contributed by atoms with Gasteiger partial charge in [0.1, 0.15) is 6.04 Å². The van der Waals surface area contributed by atoms with E-state index in [4.69, 9.17) is 11.6 Å². The van der Waals surface area contributed by atoms with Crippen LogP contribution in [0.15, 0.2) is 59.5 Å². The summed E-state index contributed by atoms with van der Waals surface area (Å²) in [5, 5.41) is 11.8. The number of aliphatic carboxylic acids is 1. The molecular formula is C17H16ClNO5S. The molecule has 0 heterocycles. The summed E-state index contributed by atoms with van der Waals surface area (Å²) in [5.41, 5.74) is 0.126. The van der Waals surface area contributed by atoms with E-state index in [-0.39, 0.29) is 21.9 Å². The molecule has 0 saturated heterocycles. The SMILES string of the molecule is O=C(N[C@@H](CCS(=O)(=O)c1ccccc1)C(=O)O)c1ccccc1Cl. The summed E-state index contributed by atoms with van der Waals surface area (Å²) in [7, 11) is -3.64. The molecule has 0 spiro atoms. The summed E-state index contributed by atoms with van der Waals surface area (Å²) in [5.74, 6) is -2.39. The number of halogens is 1. The van der Waals surface area contributed by atoms with Gasteiger partial charge in [0.05, 0.1) is 21.2 Å². The van der Waals surface area contributed by atoms with Crippen LogP contribution in [0.3, 0.4) is 0 Å². The summed E-state index contributed by atoms with van der Waals surface area (Å²) < 4.78 is 24.5. The average Bonchev–Trinajstić information content (AvgIpc) is 2.59. The fourth-order valence-electron chi connectivity index (χ4n) is 2.16. The van der Waals surface area contributed by atoms with Crippen molar-refractivity contribution in [2.24, 2.45) is 0 Å². The molecule has 8 heteroatoms. The Bertz CT molecular complexity index is 868. The molecule has 6 nitrogen and oxygen atoms in total. The lowest BCUT2D eigenvalue weighted by Gasteiger charge is -2.15. The number of hydrogen-bond acceptors (Lipinski definition) is 4. The third-order valence-corrected chi connectivity index (χ3v) is 5.59. The van der Waals surface area contributed by atoms with Crippen LogP contribution in [0.4, 0.5) is 0 Å². The average molecular weight is 382 g/mol. The Balaban J connectivity index is 2.08. The Kier molecular flexibility index (Phi) is 6.17. The summed E-state index contributed by atoms with van der Waals surface area (Å²) in [4.78, 5) is 23.6. The Morgan fingerprint density at radius 2 is 1.64 bits per heavy atom. The van der Waals surface area contributed by atoms with Gasteiger partial charge in [-0.2, -0.15) is 0 Å². The first kappa shape index (κ1) is 19.0. The zero-order valence-corrected chi connectivity index (χ0v) is 14.6. The Labute approximate surface area is 150 Å². The van der Waals surface area contributed by atoms with Gasteiger partial charge in [0.2, 0.25) is 0 Å². The Morgan fingerprint density at radius 3 is 2.24 bits per heavy atom. The van der Waals surface area contributed by atoms with E-state index in [1.54, 1.807) is 30.3 Å². The lowest BCUT2D eigenvalue weighted by molar-refractivity contribution is -0.139. The molecule has 0 aliphatic rings. The minimum Gasteiger partial charge on any atom is -0.480 e. The number of carbonyl (C=O) groups is 2. The largest absolute Gasteiger partial charge is 0.480 e. The maximum atomic E-state index is 12.2. The molecule has 25 heavy (non-hydrogen) atoms. The fraction of sp³-hybridized carbons (Fsp3) is 0.176. The second-order valence-electron chi connectivity index (χ2n) is 5.26. The van der Waals surface area contributed by atoms with Crippen LogP contribution in [-0.4, -0.2) is 37.2 Å². The molecule has 0 saturated carbocycles. The molecule has 1 amide bonds. The normalized spacial score (nSPS) is 12.4. The number of carbonyl (C=O) groups excluding carboxylic acids is 1. The van der Waals surface area contributed by atoms with Crippen LogP contribution < -0.4 is 5.32 Å². The van der Waals surface area contributed by atoms with Crippen LogP contribution in [0, 0.1) is 0 Å². The highest BCUT2D eigenvalue weighted by atomic mass is 35.5. The molecule has 132 valence electrons. The quantitative estimate of drug-likeness (QED) is 0.766. The van der Waals surface area contributed by atoms with Crippen molar-refractivity contribution >= 4 is 33.3 Å². The van der Waals surface area contributed by atoms with Gasteiger partial charge in [-0.15, -0.1) is 0 Å². The molecule has 0 unspecified atom stereocenters. The first-order chi connectivity index (χ1) is 11.8. The maximum Gasteiger partial charge on any atom is 0.326 e. The highest BCUT2D eigenvalue weighted by Crippen LogP contribution is 2.16. The van der Waals surface area contributed by atoms with Crippen LogP contribution in [-0.2, 0) is 14.6 Å². The van der Waals surface area contributed by atoms with Crippen LogP contribution in [0.2, 0.25) is 5.02 Å². The lowest BCUT2D eigenvalue weighted by Crippen LogP contribution is -2.42. The van der Waals surface area contributed by atoms with Gasteiger partial charge in [-0.3, -0.25) is 4.79 Å². The van der Waals surface area contributed by atoms with E-state index in [1.807, 2.05) is 0 Å². The van der Waals surface area contributed by atoms with Gasteiger partial charge in [-0.25, -0.2) is 13.2 Å². The highest BCUT2D eigenvalue weighted by molar-refractivity contribution is 7.91. The number of benzene rings is 2. The van der Waals surface area contributed by atoms with Crippen LogP contribution in [0.25, 0.3) is 0 Å². The Hall–Kier alpha value is -2.38. The predicted octanol–water partition coefficient (Wildman–Crippen LogP) is 2.39. The highest BCUT2D eigenvalue weighted by Gasteiger charge is 2.25. The molecule has 0 fully saturated rings. The van der Waals surface area contributed by atoms with Gasteiger partial charge in [0.25, 0.3) is 5.91 Å². The van der Waals surface area contributed by atoms with E-state index >= 15 is 0 Å². The zero-order chi connectivity index (χ0) is 18.4. The monoisotopic (exact) mass is 381 g/mol. The van der Waals surface area contributed by atoms with Crippen molar-refractivity contribution in [2.45, 2.75) is 17.4 Å². The second kappa shape index (κ2) is 8.13. The number of carboxylic acid groups (broad SMARTS) is 1. The minimum absolute atomic E-state index is 0.108. The lowest BCUT2D eigenvalue weighted by atomic mass is 10.1. The molecule has 0 aromatic heterocycles. The molecule has 0 bridgehead atoms. The summed E-state index contributed by atoms with van der Waals surface area (Å²) in [6.07, 6.45) is -0.261. The van der Waals surface area contributed by atoms with Crippen molar-refractivity contribution < 1.29 is 23.1 Å². The zero-order valence-electron chi connectivity index (χ0n) is 13.1. The number of hydrogen-bond donors (Lipinski definition) is 2. The number of rotatable bonds is 7. The van der Waals surface area contributed by atoms with Gasteiger partial charge in [-0.05, 0) is 30.7 Å². The van der Waals surface area contributed by atoms with E-state index < -0.39 is 33.5 Å². The van der Waals surface area contributed by atoms with Gasteiger partial charge < -0.3 is 10.4 Å². The second-order valence-corrected chi connectivity index (χ2v) is 7.78. The van der Waals surface area contributed by atoms with Crippen molar-refractivity contribution in [3.05, 3.63) is 65.2 Å². The molecule has 2 aromatic rings. The number of carboxylic acids is 1. The van der Waals surface area contributed by atoms with E-state index in [9.17, 15) is 23.1 Å². The molecule has 2 N–H and O–H groups in total. The topological polar surface area (TPSA) is 101 Å². The number of nitrogens with one attached hydrogen (secondary N) is 1. The summed E-state index contributed by atoms with van der Waals surface area (Å²) in [6.45, 7) is 0. The molecule has 0 radical (unpaired) electrons. The molecule has 0 aliphatic heterocycles. The number of amides is 1. The van der Waals surface area contributed by atoms with Crippen molar-refractivity contribution in [3.63, 3.8) is 0 Å². The third-order valence-electron chi connectivity index (χ3n) is 3.50. The Morgan fingerprint density at radius 1 is 1.04 bits per heavy atom. The third kappa shape index (κ3) is 5.04. The first-order valence-electron chi connectivity index (χ1n) is 7.37. The first-order valence-corrected chi connectivity index (χ1v) is 9.40. The maximum absolute atomic E-state index is 12.2. The van der Waals surface area contributed by atoms with Crippen molar-refractivity contribution in [1.82, 2.24) is 5.32 Å². The van der Waals surface area contributed by atoms with Crippen LogP contribution in [0.1, 0.15) is 16.8 Å². The number of sulfone groups is 1. The predicted molar refractivity (Wildman–Crippen MR) is 93.5 cm³/mol. The minimum atomic E-state index is -3.64. The smallest absolute Gasteiger partial charge is 0.326 e. The molecule has 1 atom stereocenters. The standard InChI is InChI=1S/C17H16ClNO5S/c18-14-9-5-4-8-13(14)16(20)19-15(17(21)22)10-11-25(23,24)12-6-2-1-3-7-12/h1-9,15H,10-11H2,(H,19,20)(H,21,22)/t15-/m0/s1. The summed E-state index contributed by atoms with van der Waals surface area (Å²) in [6, 6.07) is 12.6. The van der Waals surface area contributed by atoms with E-state index in [0.29, 0.717) is 0 Å². The van der Waals surface area contributed by atoms with Crippen molar-refractivity contribution in [1.29, 1.82) is 0 Å². The van der Waals surface area contributed by atoms with Crippen LogP contribution in [0.5, 0.6) is 0 Å². The van der Waals surface area contributed by atoms with E-state index in [2.05, 4.69) is 5.32 Å². The molecule has 2 aromatic carbocycles. The summed E-state index contributed by atoms with van der Waals surface area (Å²) >= 11 is 5.91. The van der Waals surface area contributed by atoms with Gasteiger partial charge >= 0.3 is 5.97 Å². The van der Waals surface area contributed by atoms with E-state index in [0.717, 1.165) is 0 Å².